The van der Waals surface area contributed by atoms with Crippen molar-refractivity contribution >= 4 is 41.0 Å². The zero-order valence-corrected chi connectivity index (χ0v) is 31.5. The topological polar surface area (TPSA) is 122 Å². The predicted octanol–water partition coefficient (Wildman–Crippen LogP) is 8.48. The highest BCUT2D eigenvalue weighted by Crippen LogP contribution is 2.38. The van der Waals surface area contributed by atoms with Gasteiger partial charge in [-0.2, -0.15) is 0 Å². The summed E-state index contributed by atoms with van der Waals surface area (Å²) in [6, 6.07) is 18.4. The molecule has 2 N–H and O–H groups in total. The maximum atomic E-state index is 15.1. The molecule has 4 aliphatic rings. The highest BCUT2D eigenvalue weighted by atomic mass is 35.5. The van der Waals surface area contributed by atoms with Crippen molar-refractivity contribution in [1.29, 1.82) is 0 Å². The maximum absolute atomic E-state index is 15.1. The molecule has 2 bridgehead atoms. The highest BCUT2D eigenvalue weighted by molar-refractivity contribution is 6.35. The largest absolute Gasteiger partial charge is 0.870 e. The minimum atomic E-state index is -0.783. The number of ether oxygens (including phenoxy) is 4. The summed E-state index contributed by atoms with van der Waals surface area (Å²) in [6.07, 6.45) is 8.02. The van der Waals surface area contributed by atoms with Crippen LogP contribution in [0.2, 0.25) is 10.0 Å². The molecule has 3 aliphatic heterocycles. The Bertz CT molecular complexity index is 1900. The van der Waals surface area contributed by atoms with E-state index in [9.17, 15) is 9.59 Å². The van der Waals surface area contributed by atoms with Gasteiger partial charge in [-0.05, 0) is 105 Å². The quantitative estimate of drug-likeness (QED) is 0.131. The van der Waals surface area contributed by atoms with Crippen LogP contribution < -0.4 is 19.4 Å². The number of aromatic nitrogens is 1. The molecule has 286 valence electrons. The molecule has 1 saturated carbocycles. The fourth-order valence-electron chi connectivity index (χ4n) is 7.54. The minimum absolute atomic E-state index is 0. The van der Waals surface area contributed by atoms with Gasteiger partial charge < -0.3 is 24.4 Å². The third-order valence-corrected chi connectivity index (χ3v) is 11.2. The van der Waals surface area contributed by atoms with E-state index in [4.69, 9.17) is 42.1 Å². The molecule has 2 atom stereocenters. The number of amides is 1. The maximum Gasteiger partial charge on any atom is 0.415 e. The van der Waals surface area contributed by atoms with E-state index in [0.29, 0.717) is 56.3 Å². The first-order chi connectivity index (χ1) is 25.7. The normalized spacial score (nSPS) is 19.7. The Morgan fingerprint density at radius 2 is 1.65 bits per heavy atom. The van der Waals surface area contributed by atoms with Crippen molar-refractivity contribution < 1.29 is 43.4 Å². The number of nitrogens with one attached hydrogen (secondary N) is 1. The number of fused-ring (bicyclic) bond motifs is 3. The molecule has 4 fully saturated rings. The number of anilines is 1. The summed E-state index contributed by atoms with van der Waals surface area (Å²) >= 11 is 13.1. The van der Waals surface area contributed by atoms with Crippen LogP contribution >= 0.6 is 23.2 Å². The second-order valence-electron chi connectivity index (χ2n) is 14.0. The van der Waals surface area contributed by atoms with Crippen LogP contribution in [0.15, 0.2) is 79.1 Å². The molecule has 0 unspecified atom stereocenters. The van der Waals surface area contributed by atoms with Gasteiger partial charge >= 0.3 is 12.1 Å². The number of rotatable bonds is 12. The fraction of sp³-hybridized carbons (Fsp3) is 0.390. The van der Waals surface area contributed by atoms with Gasteiger partial charge in [-0.15, -0.1) is 0 Å². The van der Waals surface area contributed by atoms with E-state index in [1.165, 1.54) is 11.0 Å². The second kappa shape index (κ2) is 17.8. The van der Waals surface area contributed by atoms with Crippen LogP contribution in [-0.4, -0.2) is 61.4 Å². The molecular formula is C41H44Cl2FN3O7. The molecule has 3 aromatic carbocycles. The van der Waals surface area contributed by atoms with E-state index in [-0.39, 0.29) is 36.3 Å². The first kappa shape index (κ1) is 39.3. The Morgan fingerprint density at radius 1 is 0.944 bits per heavy atom. The number of aromatic amines is 1. The van der Waals surface area contributed by atoms with Gasteiger partial charge in [0, 0.05) is 18.5 Å². The van der Waals surface area contributed by atoms with E-state index >= 15 is 4.39 Å². The van der Waals surface area contributed by atoms with E-state index < -0.39 is 24.0 Å². The number of pyridine rings is 1. The standard InChI is InChI=1S/C41H42Cl2FN3O6.H2O/c1-50-36-15-14-29(20-38(36)51-30-6-2-3-7-30)37(21-31-32(42)22-45-23-33(31)43)52-40(48)28-12-10-26(11-13-28)24-47(35-9-5-4-8-34(35)44)41(49)53-39-25-46-18-16-27(39)17-19-46;/h4-5,8-15,20,22-23,27,30,37,39H,2-3,6-7,16-19,21,24-25H2,1H3;1H2/t37-,39+;/m1./s1. The monoisotopic (exact) mass is 779 g/mol. The zero-order chi connectivity index (χ0) is 36.9. The lowest BCUT2D eigenvalue weighted by Gasteiger charge is -2.44. The number of para-hydroxylation sites is 1. The molecule has 8 rings (SSSR count). The molecule has 1 aromatic heterocycles. The number of esters is 1. The minimum Gasteiger partial charge on any atom is -0.870 e. The summed E-state index contributed by atoms with van der Waals surface area (Å²) < 4.78 is 39.2. The van der Waals surface area contributed by atoms with Gasteiger partial charge in [-0.25, -0.2) is 19.0 Å². The van der Waals surface area contributed by atoms with Gasteiger partial charge in [-0.1, -0.05) is 53.5 Å². The number of halogens is 3. The van der Waals surface area contributed by atoms with Crippen LogP contribution in [0.1, 0.15) is 71.7 Å². The molecule has 4 heterocycles. The molecule has 1 aliphatic carbocycles. The second-order valence-corrected chi connectivity index (χ2v) is 14.8. The molecular weight excluding hydrogens is 736 g/mol. The molecule has 54 heavy (non-hydrogen) atoms. The van der Waals surface area contributed by atoms with Crippen molar-refractivity contribution in [2.45, 2.75) is 69.8 Å². The van der Waals surface area contributed by atoms with Crippen LogP contribution in [-0.2, 0) is 22.4 Å². The van der Waals surface area contributed by atoms with Crippen LogP contribution in [0.5, 0.6) is 11.5 Å². The highest BCUT2D eigenvalue weighted by Gasteiger charge is 2.38. The summed E-state index contributed by atoms with van der Waals surface area (Å²) in [5, 5.41) is 0.815. The molecule has 1 amide bonds. The van der Waals surface area contributed by atoms with Crippen molar-refractivity contribution in [2.75, 3.05) is 31.6 Å². The number of piperidine rings is 3. The Hall–Kier alpha value is -4.42. The number of methoxy groups -OCH3 is 1. The average Bonchev–Trinajstić information content (AvgIpc) is 3.69. The number of carbonyl (C=O) groups is 2. The van der Waals surface area contributed by atoms with Gasteiger partial charge in [0.2, 0.25) is 0 Å². The third kappa shape index (κ3) is 9.09. The van der Waals surface area contributed by atoms with Gasteiger partial charge in [-0.3, -0.25) is 9.80 Å². The van der Waals surface area contributed by atoms with Gasteiger partial charge in [0.15, 0.2) is 23.9 Å². The van der Waals surface area contributed by atoms with Crippen molar-refractivity contribution in [3.63, 3.8) is 0 Å². The number of nitrogens with zero attached hydrogens (tertiary/aromatic N) is 2. The Balaban J connectivity index is 0.00000497. The molecule has 4 aromatic rings. The molecule has 0 spiro atoms. The third-order valence-electron chi connectivity index (χ3n) is 10.5. The summed E-state index contributed by atoms with van der Waals surface area (Å²) in [4.78, 5) is 34.0. The van der Waals surface area contributed by atoms with Crippen LogP contribution in [0.3, 0.4) is 0 Å². The summed E-state index contributed by atoms with van der Waals surface area (Å²) in [5.41, 5.74) is 2.39. The Kier molecular flexibility index (Phi) is 13.0. The lowest BCUT2D eigenvalue weighted by molar-refractivity contribution is -0.377. The fourth-order valence-corrected chi connectivity index (χ4v) is 8.07. The lowest BCUT2D eigenvalue weighted by atomic mass is 9.86. The summed E-state index contributed by atoms with van der Waals surface area (Å²) in [6.45, 7) is 2.74. The number of hydrogen-bond donors (Lipinski definition) is 0. The Morgan fingerprint density at radius 3 is 2.30 bits per heavy atom. The van der Waals surface area contributed by atoms with Crippen molar-refractivity contribution in [3.8, 4) is 11.5 Å². The first-order valence-corrected chi connectivity index (χ1v) is 18.9. The summed E-state index contributed by atoms with van der Waals surface area (Å²) in [7, 11) is 1.59. The van der Waals surface area contributed by atoms with Crippen LogP contribution in [0, 0.1) is 11.7 Å². The average molecular weight is 781 g/mol. The van der Waals surface area contributed by atoms with E-state index in [0.717, 1.165) is 51.6 Å². The predicted molar refractivity (Wildman–Crippen MR) is 201 cm³/mol. The molecule has 13 heteroatoms. The van der Waals surface area contributed by atoms with E-state index in [1.807, 2.05) is 12.1 Å². The number of hydrogen-bond acceptors (Lipinski definition) is 8. The SMILES string of the molecule is COc1ccc([C@@H](Cc2c(Cl)c[nH+]cc2Cl)OC(=O)c2ccc(CN(C(=O)O[C@H]3CN4CCC3CC4)c3ccccc3F)cc2)cc1OC1CCCC1.[OH-]. The zero-order valence-electron chi connectivity index (χ0n) is 30.0. The first-order valence-electron chi connectivity index (χ1n) is 18.2. The van der Waals surface area contributed by atoms with E-state index in [2.05, 4.69) is 9.88 Å². The number of H-pyrrole nitrogens is 1. The van der Waals surface area contributed by atoms with Crippen LogP contribution in [0.25, 0.3) is 0 Å². The van der Waals surface area contributed by atoms with Crippen molar-refractivity contribution in [3.05, 3.63) is 117 Å². The Labute approximate surface area is 324 Å². The number of carbonyl (C=O) groups excluding carboxylic acids is 2. The van der Waals surface area contributed by atoms with Crippen LogP contribution in [0.4, 0.5) is 14.9 Å². The molecule has 0 radical (unpaired) electrons. The smallest absolute Gasteiger partial charge is 0.415 e. The summed E-state index contributed by atoms with van der Waals surface area (Å²) in [5.74, 6) is 0.364. The van der Waals surface area contributed by atoms with Gasteiger partial charge in [0.05, 0.1) is 31.0 Å². The number of benzene rings is 3. The van der Waals surface area contributed by atoms with Gasteiger partial charge in [0.25, 0.3) is 0 Å². The lowest BCUT2D eigenvalue weighted by Crippen LogP contribution is -2.53. The molecule has 3 saturated heterocycles. The van der Waals surface area contributed by atoms with Gasteiger partial charge in [0.1, 0.15) is 28.1 Å². The van der Waals surface area contributed by atoms with Crippen molar-refractivity contribution in [1.82, 2.24) is 4.90 Å². The van der Waals surface area contributed by atoms with E-state index in [1.54, 1.807) is 68.0 Å². The molecule has 10 nitrogen and oxygen atoms in total. The van der Waals surface area contributed by atoms with Crippen molar-refractivity contribution in [2.24, 2.45) is 5.92 Å².